The Morgan fingerprint density at radius 1 is 0.292 bits per heavy atom. The fourth-order valence-electron chi connectivity index (χ4n) is 17.2. The zero-order valence-electron chi connectivity index (χ0n) is 43.0. The van der Waals surface area contributed by atoms with Crippen molar-refractivity contribution in [3.63, 3.8) is 0 Å². The SMILES string of the molecule is Fc1c(F)c(F)c2cc3cc4c(C#C[Si](C5CCCCC5)(C5CCCCC5)C5CCCCC5)c5cc6ccccc6cc5c(C#C[Si](C5CCCCC5)(C5CCCCC5)C5CCCCC5)c4cc3cc2c1F. The van der Waals surface area contributed by atoms with E-state index >= 15 is 17.6 Å². The summed E-state index contributed by atoms with van der Waals surface area (Å²) in [6.07, 6.45) is 39.7. The van der Waals surface area contributed by atoms with E-state index in [2.05, 4.69) is 71.5 Å². The Bertz CT molecular complexity index is 2810. The molecule has 6 heteroatoms. The van der Waals surface area contributed by atoms with Crippen LogP contribution in [0.2, 0.25) is 33.2 Å². The van der Waals surface area contributed by atoms with Crippen molar-refractivity contribution in [3.05, 3.63) is 95.1 Å². The lowest BCUT2D eigenvalue weighted by atomic mass is 9.88. The van der Waals surface area contributed by atoms with E-state index in [1.165, 1.54) is 203 Å². The Hall–Kier alpha value is -4.11. The standard InChI is InChI=1S/C66H76F4Si2/c67-63-61-43-47-41-59-55(35-37-71(49-23-7-1-8-24-49,50-25-9-2-10-26-50)51-27-11-3-12-28-51)57-39-45-21-19-20-22-46(45)40-58(57)56(60(59)42-48(47)44-62(61)64(68)66(70)65(63)69)36-38-72(52-29-13-4-14-30-52,53-31-15-5-16-32-53)54-33-17-6-18-34-54/h19-22,39-44,49-54H,1-18,23-34H2. The van der Waals surface area contributed by atoms with Crippen molar-refractivity contribution in [1.29, 1.82) is 0 Å². The van der Waals surface area contributed by atoms with Crippen LogP contribution in [-0.4, -0.2) is 16.1 Å². The number of benzene rings is 6. The smallest absolute Gasteiger partial charge is 0.198 e. The first-order valence-electron chi connectivity index (χ1n) is 29.4. The van der Waals surface area contributed by atoms with Gasteiger partial charge in [0.1, 0.15) is 16.1 Å². The van der Waals surface area contributed by atoms with E-state index in [4.69, 9.17) is 0 Å². The van der Waals surface area contributed by atoms with Crippen LogP contribution in [0.1, 0.15) is 204 Å². The van der Waals surface area contributed by atoms with Crippen molar-refractivity contribution < 1.29 is 17.6 Å². The van der Waals surface area contributed by atoms with Crippen LogP contribution in [0.4, 0.5) is 17.6 Å². The molecule has 0 radical (unpaired) electrons. The van der Waals surface area contributed by atoms with Gasteiger partial charge in [0.25, 0.3) is 0 Å². The van der Waals surface area contributed by atoms with E-state index in [0.29, 0.717) is 44.0 Å². The molecule has 0 N–H and O–H groups in total. The Morgan fingerprint density at radius 3 is 0.792 bits per heavy atom. The second kappa shape index (κ2) is 20.9. The van der Waals surface area contributed by atoms with Crippen molar-refractivity contribution in [3.8, 4) is 22.9 Å². The van der Waals surface area contributed by atoms with E-state index in [-0.39, 0.29) is 10.8 Å². The predicted octanol–water partition coefficient (Wildman–Crippen LogP) is 20.7. The first-order valence-corrected chi connectivity index (χ1v) is 33.9. The summed E-state index contributed by atoms with van der Waals surface area (Å²) in [5, 5.41) is 7.52. The van der Waals surface area contributed by atoms with Gasteiger partial charge in [0.15, 0.2) is 23.3 Å². The fraction of sp³-hybridized carbons (Fsp3) is 0.545. The van der Waals surface area contributed by atoms with Crippen LogP contribution >= 0.6 is 0 Å². The maximum absolute atomic E-state index is 15.8. The molecule has 376 valence electrons. The third-order valence-electron chi connectivity index (χ3n) is 20.6. The highest BCUT2D eigenvalue weighted by molar-refractivity contribution is 6.91. The van der Waals surface area contributed by atoms with E-state index in [0.717, 1.165) is 32.7 Å². The van der Waals surface area contributed by atoms with Gasteiger partial charge in [-0.25, -0.2) is 17.6 Å². The summed E-state index contributed by atoms with van der Waals surface area (Å²) < 4.78 is 61.7. The molecule has 12 rings (SSSR count). The largest absolute Gasteiger partial charge is 0.203 e. The minimum atomic E-state index is -2.28. The van der Waals surface area contributed by atoms with Crippen molar-refractivity contribution in [2.45, 2.75) is 226 Å². The normalized spacial score (nSPS) is 21.3. The molecular formula is C66H76F4Si2. The molecule has 6 saturated carbocycles. The number of fused-ring (bicyclic) bond motifs is 5. The molecule has 6 aromatic carbocycles. The minimum absolute atomic E-state index is 0.237. The molecule has 72 heavy (non-hydrogen) atoms. The molecular weight excluding hydrogens is 925 g/mol. The topological polar surface area (TPSA) is 0 Å². The number of hydrogen-bond donors (Lipinski definition) is 0. The van der Waals surface area contributed by atoms with Gasteiger partial charge >= 0.3 is 0 Å². The van der Waals surface area contributed by atoms with E-state index < -0.39 is 39.4 Å². The van der Waals surface area contributed by atoms with Crippen molar-refractivity contribution in [2.24, 2.45) is 0 Å². The highest BCUT2D eigenvalue weighted by Crippen LogP contribution is 2.58. The second-order valence-corrected chi connectivity index (χ2v) is 33.4. The van der Waals surface area contributed by atoms with Gasteiger partial charge in [-0.15, -0.1) is 11.1 Å². The number of hydrogen-bond acceptors (Lipinski definition) is 0. The molecule has 0 spiro atoms. The molecule has 6 fully saturated rings. The summed E-state index contributed by atoms with van der Waals surface area (Å²) in [6.45, 7) is 0. The first-order chi connectivity index (χ1) is 35.3. The maximum atomic E-state index is 15.8. The highest BCUT2D eigenvalue weighted by atomic mass is 28.3. The Morgan fingerprint density at radius 2 is 0.528 bits per heavy atom. The van der Waals surface area contributed by atoms with Gasteiger partial charge in [-0.3, -0.25) is 0 Å². The van der Waals surface area contributed by atoms with Crippen LogP contribution in [0, 0.1) is 46.2 Å². The van der Waals surface area contributed by atoms with E-state index in [1.807, 2.05) is 0 Å². The molecule has 0 aromatic heterocycles. The highest BCUT2D eigenvalue weighted by Gasteiger charge is 2.54. The van der Waals surface area contributed by atoms with Crippen LogP contribution in [0.3, 0.4) is 0 Å². The summed E-state index contributed by atoms with van der Waals surface area (Å²) in [6, 6.07) is 20.9. The monoisotopic (exact) mass is 1000 g/mol. The zero-order valence-corrected chi connectivity index (χ0v) is 45.0. The first kappa shape index (κ1) is 48.8. The molecule has 0 amide bonds. The van der Waals surface area contributed by atoms with Gasteiger partial charge in [0, 0.05) is 21.9 Å². The van der Waals surface area contributed by atoms with Crippen LogP contribution < -0.4 is 0 Å². The van der Waals surface area contributed by atoms with E-state index in [1.54, 1.807) is 12.1 Å². The van der Waals surface area contributed by atoms with E-state index in [9.17, 15) is 0 Å². The lowest BCUT2D eigenvalue weighted by Crippen LogP contribution is -2.50. The Labute approximate surface area is 429 Å². The second-order valence-electron chi connectivity index (χ2n) is 24.3. The maximum Gasteiger partial charge on any atom is 0.198 e. The molecule has 0 unspecified atom stereocenters. The Balaban J connectivity index is 1.19. The molecule has 0 heterocycles. The summed E-state index contributed by atoms with van der Waals surface area (Å²) in [7, 11) is -4.57. The number of halogens is 4. The van der Waals surface area contributed by atoms with Crippen LogP contribution in [0.15, 0.2) is 60.7 Å². The molecule has 6 aromatic rings. The van der Waals surface area contributed by atoms with Crippen LogP contribution in [-0.2, 0) is 0 Å². The third-order valence-corrected chi connectivity index (χ3v) is 33.3. The molecule has 0 saturated heterocycles. The molecule has 0 bridgehead atoms. The molecule has 0 aliphatic heterocycles. The lowest BCUT2D eigenvalue weighted by molar-refractivity contribution is 0.418. The third kappa shape index (κ3) is 8.67. The Kier molecular flexibility index (Phi) is 14.2. The molecule has 0 nitrogen and oxygen atoms in total. The summed E-state index contributed by atoms with van der Waals surface area (Å²) in [5.74, 6) is 2.28. The average molecular weight is 1000 g/mol. The molecule has 6 aliphatic rings. The van der Waals surface area contributed by atoms with Gasteiger partial charge in [0.05, 0.1) is 0 Å². The van der Waals surface area contributed by atoms with Gasteiger partial charge in [-0.2, -0.15) is 0 Å². The summed E-state index contributed by atoms with van der Waals surface area (Å²) >= 11 is 0. The van der Waals surface area contributed by atoms with Crippen molar-refractivity contribution in [1.82, 2.24) is 0 Å². The lowest BCUT2D eigenvalue weighted by Gasteiger charge is -2.50. The summed E-state index contributed by atoms with van der Waals surface area (Å²) in [4.78, 5) is 0. The van der Waals surface area contributed by atoms with Crippen molar-refractivity contribution in [2.75, 3.05) is 0 Å². The molecule has 0 atom stereocenters. The van der Waals surface area contributed by atoms with Crippen molar-refractivity contribution >= 4 is 70.0 Å². The van der Waals surface area contributed by atoms with Gasteiger partial charge in [0.2, 0.25) is 0 Å². The quantitative estimate of drug-likeness (QED) is 0.0390. The predicted molar refractivity (Wildman–Crippen MR) is 300 cm³/mol. The van der Waals surface area contributed by atoms with Gasteiger partial charge in [-0.1, -0.05) is 229 Å². The van der Waals surface area contributed by atoms with Crippen LogP contribution in [0.5, 0.6) is 0 Å². The fourth-order valence-corrected chi connectivity index (χ4v) is 31.3. The minimum Gasteiger partial charge on any atom is -0.203 e. The molecule has 6 aliphatic carbocycles. The summed E-state index contributed by atoms with van der Waals surface area (Å²) in [5.41, 5.74) is 15.5. The van der Waals surface area contributed by atoms with Crippen LogP contribution in [0.25, 0.3) is 53.9 Å². The van der Waals surface area contributed by atoms with Gasteiger partial charge < -0.3 is 0 Å². The van der Waals surface area contributed by atoms with Gasteiger partial charge in [-0.05, 0) is 113 Å². The zero-order chi connectivity index (χ0) is 48.8. The number of rotatable bonds is 6. The average Bonchev–Trinajstić information content (AvgIpc) is 3.45.